The Labute approximate surface area is 121 Å². The number of nitrogens with two attached hydrogens (primary N) is 1. The predicted octanol–water partition coefficient (Wildman–Crippen LogP) is 4.16. The molecule has 0 fully saturated rings. The first-order chi connectivity index (χ1) is 9.08. The molecule has 3 nitrogen and oxygen atoms in total. The van der Waals surface area contributed by atoms with E-state index in [2.05, 4.69) is 0 Å². The molecular weight excluding hydrogens is 285 g/mol. The summed E-state index contributed by atoms with van der Waals surface area (Å²) in [4.78, 5) is 0. The lowest BCUT2D eigenvalue weighted by molar-refractivity contribution is 0.306. The summed E-state index contributed by atoms with van der Waals surface area (Å²) >= 11 is 11.8. The molecule has 0 bridgehead atoms. The summed E-state index contributed by atoms with van der Waals surface area (Å²) in [6.07, 6.45) is 0. The number of rotatable bonds is 4. The van der Waals surface area contributed by atoms with Crippen molar-refractivity contribution < 1.29 is 9.47 Å². The summed E-state index contributed by atoms with van der Waals surface area (Å²) < 4.78 is 10.7. The van der Waals surface area contributed by atoms with Gasteiger partial charge in [-0.2, -0.15) is 0 Å². The molecule has 0 radical (unpaired) electrons. The topological polar surface area (TPSA) is 44.5 Å². The molecule has 19 heavy (non-hydrogen) atoms. The van der Waals surface area contributed by atoms with E-state index in [0.717, 1.165) is 5.56 Å². The highest BCUT2D eigenvalue weighted by molar-refractivity contribution is 6.34. The molecule has 2 aromatic rings. The number of hydrogen-bond acceptors (Lipinski definition) is 3. The summed E-state index contributed by atoms with van der Waals surface area (Å²) in [6.45, 7) is 0.380. The molecule has 0 aromatic heterocycles. The lowest BCUT2D eigenvalue weighted by Gasteiger charge is -2.09. The van der Waals surface area contributed by atoms with Gasteiger partial charge in [0.15, 0.2) is 0 Å². The van der Waals surface area contributed by atoms with E-state index in [0.29, 0.717) is 33.8 Å². The van der Waals surface area contributed by atoms with Crippen molar-refractivity contribution in [1.29, 1.82) is 0 Å². The van der Waals surface area contributed by atoms with Crippen LogP contribution in [0.3, 0.4) is 0 Å². The van der Waals surface area contributed by atoms with Gasteiger partial charge in [-0.25, -0.2) is 0 Å². The molecule has 0 aliphatic heterocycles. The van der Waals surface area contributed by atoms with Gasteiger partial charge < -0.3 is 15.2 Å². The highest BCUT2D eigenvalue weighted by Crippen LogP contribution is 2.26. The van der Waals surface area contributed by atoms with Crippen LogP contribution in [0.15, 0.2) is 36.4 Å². The van der Waals surface area contributed by atoms with Gasteiger partial charge in [-0.1, -0.05) is 29.3 Å². The van der Waals surface area contributed by atoms with E-state index in [1.54, 1.807) is 31.4 Å². The van der Waals surface area contributed by atoms with Crippen molar-refractivity contribution in [1.82, 2.24) is 0 Å². The van der Waals surface area contributed by atoms with E-state index in [1.165, 1.54) is 0 Å². The van der Waals surface area contributed by atoms with Crippen LogP contribution in [0.5, 0.6) is 11.5 Å². The van der Waals surface area contributed by atoms with Crippen LogP contribution in [-0.2, 0) is 6.61 Å². The molecule has 0 unspecified atom stereocenters. The quantitative estimate of drug-likeness (QED) is 0.862. The number of ether oxygens (including phenoxy) is 2. The van der Waals surface area contributed by atoms with E-state index in [-0.39, 0.29) is 0 Å². The van der Waals surface area contributed by atoms with Gasteiger partial charge in [0.1, 0.15) is 18.1 Å². The Morgan fingerprint density at radius 1 is 1.05 bits per heavy atom. The fourth-order valence-corrected chi connectivity index (χ4v) is 2.16. The summed E-state index contributed by atoms with van der Waals surface area (Å²) in [6, 6.07) is 10.6. The molecule has 5 heteroatoms. The Balaban J connectivity index is 2.08. The summed E-state index contributed by atoms with van der Waals surface area (Å²) in [7, 11) is 1.58. The third-order valence-electron chi connectivity index (χ3n) is 2.54. The van der Waals surface area contributed by atoms with Crippen LogP contribution in [-0.4, -0.2) is 7.11 Å². The predicted molar refractivity (Wildman–Crippen MR) is 78.2 cm³/mol. The molecule has 2 N–H and O–H groups in total. The van der Waals surface area contributed by atoms with Gasteiger partial charge in [-0.15, -0.1) is 0 Å². The molecule has 0 atom stereocenters. The average molecular weight is 298 g/mol. The third-order valence-corrected chi connectivity index (χ3v) is 2.97. The fraction of sp³-hybridized carbons (Fsp3) is 0.143. The Bertz CT molecular complexity index is 567. The molecule has 2 rings (SSSR count). The SMILES string of the molecule is COc1ccc(COc2cc(Cl)cc(Cl)c2)cc1N. The smallest absolute Gasteiger partial charge is 0.141 e. The van der Waals surface area contributed by atoms with E-state index >= 15 is 0 Å². The Kier molecular flexibility index (Phi) is 4.40. The van der Waals surface area contributed by atoms with Crippen LogP contribution in [0, 0.1) is 0 Å². The number of anilines is 1. The Hall–Kier alpha value is -1.58. The van der Waals surface area contributed by atoms with Crippen LogP contribution in [0.4, 0.5) is 5.69 Å². The van der Waals surface area contributed by atoms with Crippen LogP contribution < -0.4 is 15.2 Å². The molecule has 0 amide bonds. The highest BCUT2D eigenvalue weighted by atomic mass is 35.5. The molecule has 100 valence electrons. The number of hydrogen-bond donors (Lipinski definition) is 1. The van der Waals surface area contributed by atoms with Crippen LogP contribution >= 0.6 is 23.2 Å². The fourth-order valence-electron chi connectivity index (χ4n) is 1.65. The first-order valence-corrected chi connectivity index (χ1v) is 6.35. The molecule has 0 saturated heterocycles. The third kappa shape index (κ3) is 3.69. The molecule has 0 spiro atoms. The maximum absolute atomic E-state index is 5.90. The minimum Gasteiger partial charge on any atom is -0.495 e. The molecule has 0 aliphatic rings. The van der Waals surface area contributed by atoms with Gasteiger partial charge in [0.05, 0.1) is 12.8 Å². The number of benzene rings is 2. The minimum absolute atomic E-state index is 0.380. The highest BCUT2D eigenvalue weighted by Gasteiger charge is 2.03. The second-order valence-corrected chi connectivity index (χ2v) is 4.84. The van der Waals surface area contributed by atoms with Gasteiger partial charge >= 0.3 is 0 Å². The zero-order chi connectivity index (χ0) is 13.8. The van der Waals surface area contributed by atoms with Crippen molar-refractivity contribution in [3.8, 4) is 11.5 Å². The second kappa shape index (κ2) is 6.04. The number of nitrogen functional groups attached to an aromatic ring is 1. The van der Waals surface area contributed by atoms with Crippen molar-refractivity contribution in [2.75, 3.05) is 12.8 Å². The first-order valence-electron chi connectivity index (χ1n) is 5.60. The lowest BCUT2D eigenvalue weighted by atomic mass is 10.2. The largest absolute Gasteiger partial charge is 0.495 e. The first kappa shape index (κ1) is 13.8. The number of halogens is 2. The summed E-state index contributed by atoms with van der Waals surface area (Å²) in [5, 5.41) is 1.08. The number of methoxy groups -OCH3 is 1. The molecule has 2 aromatic carbocycles. The van der Waals surface area contributed by atoms with E-state index in [4.69, 9.17) is 38.4 Å². The van der Waals surface area contributed by atoms with Gasteiger partial charge in [-0.3, -0.25) is 0 Å². The molecule has 0 aliphatic carbocycles. The van der Waals surface area contributed by atoms with Crippen LogP contribution in [0.25, 0.3) is 0 Å². The van der Waals surface area contributed by atoms with Crippen molar-refractivity contribution in [2.24, 2.45) is 0 Å². The molecule has 0 heterocycles. The van der Waals surface area contributed by atoms with Crippen molar-refractivity contribution in [3.63, 3.8) is 0 Å². The minimum atomic E-state index is 0.380. The second-order valence-electron chi connectivity index (χ2n) is 3.97. The Morgan fingerprint density at radius 3 is 2.32 bits per heavy atom. The standard InChI is InChI=1S/C14H13Cl2NO2/c1-18-14-3-2-9(4-13(14)17)8-19-12-6-10(15)5-11(16)7-12/h2-7H,8,17H2,1H3. The maximum Gasteiger partial charge on any atom is 0.141 e. The van der Waals surface area contributed by atoms with Crippen molar-refractivity contribution in [3.05, 3.63) is 52.0 Å². The lowest BCUT2D eigenvalue weighted by Crippen LogP contribution is -1.98. The van der Waals surface area contributed by atoms with E-state index in [9.17, 15) is 0 Å². The Morgan fingerprint density at radius 2 is 1.74 bits per heavy atom. The maximum atomic E-state index is 5.90. The molecular formula is C14H13Cl2NO2. The zero-order valence-electron chi connectivity index (χ0n) is 10.3. The van der Waals surface area contributed by atoms with Crippen molar-refractivity contribution in [2.45, 2.75) is 6.61 Å². The van der Waals surface area contributed by atoms with Gasteiger partial charge in [0, 0.05) is 10.0 Å². The van der Waals surface area contributed by atoms with Crippen LogP contribution in [0.1, 0.15) is 5.56 Å². The monoisotopic (exact) mass is 297 g/mol. The normalized spacial score (nSPS) is 10.3. The summed E-state index contributed by atoms with van der Waals surface area (Å²) in [5.41, 5.74) is 7.34. The van der Waals surface area contributed by atoms with Crippen molar-refractivity contribution >= 4 is 28.9 Å². The van der Waals surface area contributed by atoms with Gasteiger partial charge in [-0.05, 0) is 35.9 Å². The van der Waals surface area contributed by atoms with E-state index in [1.807, 2.05) is 12.1 Å². The summed E-state index contributed by atoms with van der Waals surface area (Å²) in [5.74, 6) is 1.27. The van der Waals surface area contributed by atoms with E-state index < -0.39 is 0 Å². The molecule has 0 saturated carbocycles. The van der Waals surface area contributed by atoms with Crippen LogP contribution in [0.2, 0.25) is 10.0 Å². The average Bonchev–Trinajstić information content (AvgIpc) is 2.35. The zero-order valence-corrected chi connectivity index (χ0v) is 11.8. The van der Waals surface area contributed by atoms with Gasteiger partial charge in [0.2, 0.25) is 0 Å². The van der Waals surface area contributed by atoms with Gasteiger partial charge in [0.25, 0.3) is 0 Å².